The third-order valence-corrected chi connectivity index (χ3v) is 5.46. The maximum absolute atomic E-state index is 13.0. The van der Waals surface area contributed by atoms with Crippen molar-refractivity contribution in [2.75, 3.05) is 7.11 Å². The van der Waals surface area contributed by atoms with Crippen molar-refractivity contribution in [2.24, 2.45) is 0 Å². The van der Waals surface area contributed by atoms with Crippen LogP contribution >= 0.6 is 0 Å². The van der Waals surface area contributed by atoms with Gasteiger partial charge >= 0.3 is 0 Å². The number of ether oxygens (including phenoxy) is 1. The zero-order valence-corrected chi connectivity index (χ0v) is 15.8. The SMILES string of the molecule is COc1ccccc1[C@@H]1CC(=O)c2c(C)nn(-c3nc4ccccc4[nH]3)c2C1. The third kappa shape index (κ3) is 2.52. The minimum absolute atomic E-state index is 0.0513. The lowest BCUT2D eigenvalue weighted by molar-refractivity contribution is 0.0963. The van der Waals surface area contributed by atoms with Gasteiger partial charge in [-0.15, -0.1) is 0 Å². The summed E-state index contributed by atoms with van der Waals surface area (Å²) in [5.41, 5.74) is 5.26. The number of aromatic nitrogens is 4. The van der Waals surface area contributed by atoms with E-state index in [-0.39, 0.29) is 11.7 Å². The van der Waals surface area contributed by atoms with Crippen molar-refractivity contribution in [2.45, 2.75) is 25.7 Å². The first kappa shape index (κ1) is 16.7. The molecule has 0 fully saturated rings. The number of nitrogens with zero attached hydrogens (tertiary/aromatic N) is 3. The van der Waals surface area contributed by atoms with E-state index in [1.807, 2.05) is 55.5 Å². The number of hydrogen-bond acceptors (Lipinski definition) is 4. The highest BCUT2D eigenvalue weighted by molar-refractivity contribution is 6.00. The summed E-state index contributed by atoms with van der Waals surface area (Å²) in [5, 5.41) is 4.65. The predicted molar refractivity (Wildman–Crippen MR) is 106 cm³/mol. The fourth-order valence-corrected chi connectivity index (χ4v) is 4.20. The van der Waals surface area contributed by atoms with E-state index in [1.165, 1.54) is 0 Å². The molecular weight excluding hydrogens is 352 g/mol. The second-order valence-corrected chi connectivity index (χ2v) is 7.17. The topological polar surface area (TPSA) is 72.8 Å². The van der Waals surface area contributed by atoms with Gasteiger partial charge in [-0.2, -0.15) is 5.10 Å². The van der Waals surface area contributed by atoms with Crippen LogP contribution in [-0.2, 0) is 6.42 Å². The number of aryl methyl sites for hydroxylation is 1. The molecule has 2 heterocycles. The molecule has 0 spiro atoms. The highest BCUT2D eigenvalue weighted by Gasteiger charge is 2.33. The van der Waals surface area contributed by atoms with E-state index in [1.54, 1.807) is 11.8 Å². The largest absolute Gasteiger partial charge is 0.496 e. The number of methoxy groups -OCH3 is 1. The molecule has 0 radical (unpaired) electrons. The van der Waals surface area contributed by atoms with Gasteiger partial charge < -0.3 is 9.72 Å². The molecule has 28 heavy (non-hydrogen) atoms. The molecule has 1 atom stereocenters. The molecule has 5 rings (SSSR count). The molecule has 1 aliphatic carbocycles. The van der Waals surface area contributed by atoms with Gasteiger partial charge in [0.05, 0.1) is 35.1 Å². The summed E-state index contributed by atoms with van der Waals surface area (Å²) in [5.74, 6) is 1.63. The highest BCUT2D eigenvalue weighted by atomic mass is 16.5. The molecule has 0 saturated carbocycles. The Bertz CT molecular complexity index is 1170. The number of hydrogen-bond donors (Lipinski definition) is 1. The molecule has 4 aromatic rings. The molecule has 6 heteroatoms. The zero-order valence-electron chi connectivity index (χ0n) is 15.8. The number of H-pyrrole nitrogens is 1. The van der Waals surface area contributed by atoms with E-state index in [4.69, 9.17) is 4.74 Å². The van der Waals surface area contributed by atoms with Crippen molar-refractivity contribution in [1.82, 2.24) is 19.7 Å². The van der Waals surface area contributed by atoms with Crippen LogP contribution in [-0.4, -0.2) is 32.6 Å². The molecule has 140 valence electrons. The first-order chi connectivity index (χ1) is 13.7. The molecule has 1 aliphatic rings. The third-order valence-electron chi connectivity index (χ3n) is 5.46. The van der Waals surface area contributed by atoms with E-state index < -0.39 is 0 Å². The quantitative estimate of drug-likeness (QED) is 0.590. The molecule has 0 unspecified atom stereocenters. The number of aromatic amines is 1. The Hall–Kier alpha value is -3.41. The minimum atomic E-state index is 0.0513. The number of nitrogens with one attached hydrogen (secondary N) is 1. The molecule has 0 amide bonds. The van der Waals surface area contributed by atoms with Crippen LogP contribution in [0.4, 0.5) is 0 Å². The van der Waals surface area contributed by atoms with Crippen molar-refractivity contribution in [3.63, 3.8) is 0 Å². The second-order valence-electron chi connectivity index (χ2n) is 7.17. The lowest BCUT2D eigenvalue weighted by Gasteiger charge is -2.24. The standard InChI is InChI=1S/C22H20N4O2/c1-13-21-18(26(25-13)22-23-16-8-4-5-9-17(16)24-22)11-14(12-19(21)27)15-7-3-6-10-20(15)28-2/h3-10,14H,11-12H2,1-2H3,(H,23,24)/t14-/m0/s1. The molecule has 0 saturated heterocycles. The van der Waals surface area contributed by atoms with Gasteiger partial charge in [0.15, 0.2) is 5.78 Å². The van der Waals surface area contributed by atoms with Gasteiger partial charge in [-0.3, -0.25) is 4.79 Å². The van der Waals surface area contributed by atoms with Crippen molar-refractivity contribution < 1.29 is 9.53 Å². The van der Waals surface area contributed by atoms with Crippen molar-refractivity contribution in [3.8, 4) is 11.7 Å². The summed E-state index contributed by atoms with van der Waals surface area (Å²) in [6.45, 7) is 1.89. The number of carbonyl (C=O) groups excluding carboxylic acids is 1. The monoisotopic (exact) mass is 372 g/mol. The average Bonchev–Trinajstić information content (AvgIpc) is 3.29. The summed E-state index contributed by atoms with van der Waals surface area (Å²) in [6, 6.07) is 15.8. The Balaban J connectivity index is 1.63. The lowest BCUT2D eigenvalue weighted by atomic mass is 9.81. The van der Waals surface area contributed by atoms with Crippen molar-refractivity contribution in [1.29, 1.82) is 0 Å². The molecule has 0 bridgehead atoms. The number of ketones is 1. The zero-order chi connectivity index (χ0) is 19.3. The fraction of sp³-hybridized carbons (Fsp3) is 0.227. The average molecular weight is 372 g/mol. The molecule has 6 nitrogen and oxygen atoms in total. The Labute approximate surface area is 162 Å². The Morgan fingerprint density at radius 2 is 1.89 bits per heavy atom. The molecule has 0 aliphatic heterocycles. The van der Waals surface area contributed by atoms with Crippen LogP contribution in [0, 0.1) is 6.92 Å². The number of rotatable bonds is 3. The van der Waals surface area contributed by atoms with Crippen LogP contribution in [0.2, 0.25) is 0 Å². The van der Waals surface area contributed by atoms with Crippen LogP contribution in [0.1, 0.15) is 39.6 Å². The number of para-hydroxylation sites is 3. The van der Waals surface area contributed by atoms with E-state index >= 15 is 0 Å². The normalized spacial score (nSPS) is 16.4. The van der Waals surface area contributed by atoms with Crippen molar-refractivity contribution in [3.05, 3.63) is 71.0 Å². The van der Waals surface area contributed by atoms with Gasteiger partial charge in [-0.1, -0.05) is 30.3 Å². The van der Waals surface area contributed by atoms with Crippen LogP contribution < -0.4 is 4.74 Å². The number of imidazole rings is 1. The first-order valence-electron chi connectivity index (χ1n) is 9.35. The maximum atomic E-state index is 13.0. The highest BCUT2D eigenvalue weighted by Crippen LogP contribution is 2.38. The Kier molecular flexibility index (Phi) is 3.79. The van der Waals surface area contributed by atoms with Crippen LogP contribution in [0.3, 0.4) is 0 Å². The van der Waals surface area contributed by atoms with E-state index in [0.717, 1.165) is 39.3 Å². The fourth-order valence-electron chi connectivity index (χ4n) is 4.20. The number of fused-ring (bicyclic) bond motifs is 2. The van der Waals surface area contributed by atoms with Crippen LogP contribution in [0.5, 0.6) is 5.75 Å². The van der Waals surface area contributed by atoms with E-state index in [2.05, 4.69) is 15.1 Å². The van der Waals surface area contributed by atoms with Gasteiger partial charge in [-0.25, -0.2) is 9.67 Å². The predicted octanol–water partition coefficient (Wildman–Crippen LogP) is 3.98. The minimum Gasteiger partial charge on any atom is -0.496 e. The lowest BCUT2D eigenvalue weighted by Crippen LogP contribution is -2.21. The number of benzene rings is 2. The Morgan fingerprint density at radius 3 is 2.71 bits per heavy atom. The first-order valence-corrected chi connectivity index (χ1v) is 9.35. The van der Waals surface area contributed by atoms with E-state index in [0.29, 0.717) is 18.8 Å². The van der Waals surface area contributed by atoms with Gasteiger partial charge in [-0.05, 0) is 37.1 Å². The summed E-state index contributed by atoms with van der Waals surface area (Å²) < 4.78 is 7.33. The second kappa shape index (κ2) is 6.34. The van der Waals surface area contributed by atoms with Crippen molar-refractivity contribution >= 4 is 16.8 Å². The van der Waals surface area contributed by atoms with Gasteiger partial charge in [0.1, 0.15) is 5.75 Å². The van der Waals surface area contributed by atoms with Gasteiger partial charge in [0.25, 0.3) is 0 Å². The summed E-state index contributed by atoms with van der Waals surface area (Å²) in [4.78, 5) is 21.0. The smallest absolute Gasteiger partial charge is 0.229 e. The number of carbonyl (C=O) groups is 1. The molecule has 1 N–H and O–H groups in total. The summed E-state index contributed by atoms with van der Waals surface area (Å²) >= 11 is 0. The molecule has 2 aromatic carbocycles. The van der Waals surface area contributed by atoms with Crippen LogP contribution in [0.15, 0.2) is 48.5 Å². The van der Waals surface area contributed by atoms with Gasteiger partial charge in [0, 0.05) is 12.3 Å². The van der Waals surface area contributed by atoms with Crippen LogP contribution in [0.25, 0.3) is 17.0 Å². The maximum Gasteiger partial charge on any atom is 0.229 e. The van der Waals surface area contributed by atoms with Gasteiger partial charge in [0.2, 0.25) is 5.95 Å². The Morgan fingerprint density at radius 1 is 1.11 bits per heavy atom. The summed E-state index contributed by atoms with van der Waals surface area (Å²) in [7, 11) is 1.66. The number of Topliss-reactive ketones (excluding diaryl/α,β-unsaturated/α-hetero) is 1. The summed E-state index contributed by atoms with van der Waals surface area (Å²) in [6.07, 6.45) is 1.17. The molecular formula is C22H20N4O2. The van der Waals surface area contributed by atoms with E-state index in [9.17, 15) is 4.79 Å². The molecule has 2 aromatic heterocycles.